The molecule has 42 heavy (non-hydrogen) atoms. The Bertz CT molecular complexity index is 1440. The van der Waals surface area contributed by atoms with Crippen molar-refractivity contribution in [1.29, 1.82) is 0 Å². The first-order valence-corrected chi connectivity index (χ1v) is 16.8. The summed E-state index contributed by atoms with van der Waals surface area (Å²) in [5, 5.41) is 3.78. The molecule has 0 bridgehead atoms. The van der Waals surface area contributed by atoms with Crippen LogP contribution < -0.4 is 9.62 Å². The fourth-order valence-corrected chi connectivity index (χ4v) is 6.54. The highest BCUT2D eigenvalue weighted by molar-refractivity contribution is 7.92. The highest BCUT2D eigenvalue weighted by Gasteiger charge is 2.34. The molecule has 1 aliphatic rings. The van der Waals surface area contributed by atoms with Crippen LogP contribution in [0.25, 0.3) is 0 Å². The van der Waals surface area contributed by atoms with E-state index in [9.17, 15) is 18.0 Å². The zero-order chi connectivity index (χ0) is 30.1. The number of aryl methyl sites for hydroxylation is 1. The van der Waals surface area contributed by atoms with Crippen molar-refractivity contribution in [2.24, 2.45) is 0 Å². The van der Waals surface area contributed by atoms with Crippen molar-refractivity contribution in [3.63, 3.8) is 0 Å². The third-order valence-corrected chi connectivity index (χ3v) is 9.19. The summed E-state index contributed by atoms with van der Waals surface area (Å²) in [6.07, 6.45) is 7.09. The van der Waals surface area contributed by atoms with Crippen LogP contribution in [-0.4, -0.2) is 50.0 Å². The molecule has 0 radical (unpaired) electrons. The third-order valence-electron chi connectivity index (χ3n) is 7.81. The third kappa shape index (κ3) is 8.58. The van der Waals surface area contributed by atoms with E-state index in [1.807, 2.05) is 61.5 Å². The smallest absolute Gasteiger partial charge is 0.244 e. The van der Waals surface area contributed by atoms with Gasteiger partial charge in [0.25, 0.3) is 0 Å². The van der Waals surface area contributed by atoms with Gasteiger partial charge in [0.05, 0.1) is 11.9 Å². The SMILES string of the molecule is CCc1ccccc1N(CC(=O)N(Cc1ccc(Cl)cc1)C(Cc1ccccc1)C(=O)NC1CCCCC1)S(C)(=O)=O. The van der Waals surface area contributed by atoms with Crippen LogP contribution >= 0.6 is 11.6 Å². The van der Waals surface area contributed by atoms with Gasteiger partial charge in [-0.25, -0.2) is 8.42 Å². The van der Waals surface area contributed by atoms with Gasteiger partial charge in [0.1, 0.15) is 12.6 Å². The van der Waals surface area contributed by atoms with E-state index in [0.717, 1.165) is 59.4 Å². The van der Waals surface area contributed by atoms with Gasteiger partial charge in [0.2, 0.25) is 21.8 Å². The van der Waals surface area contributed by atoms with Gasteiger partial charge < -0.3 is 10.2 Å². The molecule has 1 aliphatic carbocycles. The second-order valence-corrected chi connectivity index (χ2v) is 13.3. The highest BCUT2D eigenvalue weighted by atomic mass is 35.5. The Kier molecular flexibility index (Phi) is 11.0. The van der Waals surface area contributed by atoms with E-state index in [0.29, 0.717) is 23.6 Å². The van der Waals surface area contributed by atoms with Gasteiger partial charge in [-0.15, -0.1) is 0 Å². The molecule has 0 aliphatic heterocycles. The maximum absolute atomic E-state index is 14.3. The predicted molar refractivity (Wildman–Crippen MR) is 169 cm³/mol. The Morgan fingerprint density at radius 3 is 2.19 bits per heavy atom. The number of anilines is 1. The molecule has 1 unspecified atom stereocenters. The lowest BCUT2D eigenvalue weighted by Gasteiger charge is -2.35. The summed E-state index contributed by atoms with van der Waals surface area (Å²) in [5.41, 5.74) is 2.98. The lowest BCUT2D eigenvalue weighted by atomic mass is 9.94. The molecule has 1 N–H and O–H groups in total. The molecule has 2 amide bonds. The van der Waals surface area contributed by atoms with Crippen molar-refractivity contribution in [2.75, 3.05) is 17.1 Å². The molecule has 9 heteroatoms. The summed E-state index contributed by atoms with van der Waals surface area (Å²) < 4.78 is 27.3. The van der Waals surface area contributed by atoms with Crippen LogP contribution in [0.2, 0.25) is 5.02 Å². The summed E-state index contributed by atoms with van der Waals surface area (Å²) in [6, 6.07) is 23.1. The number of sulfonamides is 1. The van der Waals surface area contributed by atoms with E-state index in [2.05, 4.69) is 5.32 Å². The summed E-state index contributed by atoms with van der Waals surface area (Å²) >= 11 is 6.14. The van der Waals surface area contributed by atoms with Gasteiger partial charge in [-0.05, 0) is 54.2 Å². The van der Waals surface area contributed by atoms with Crippen molar-refractivity contribution in [3.8, 4) is 0 Å². The predicted octanol–water partition coefficient (Wildman–Crippen LogP) is 5.76. The van der Waals surface area contributed by atoms with Crippen LogP contribution in [-0.2, 0) is 39.0 Å². The molecule has 7 nitrogen and oxygen atoms in total. The number of carbonyl (C=O) groups is 2. The lowest BCUT2D eigenvalue weighted by Crippen LogP contribution is -2.55. The minimum Gasteiger partial charge on any atom is -0.352 e. The monoisotopic (exact) mass is 609 g/mol. The number of para-hydroxylation sites is 1. The molecule has 224 valence electrons. The van der Waals surface area contributed by atoms with E-state index >= 15 is 0 Å². The van der Waals surface area contributed by atoms with Crippen LogP contribution in [0, 0.1) is 0 Å². The summed E-state index contributed by atoms with van der Waals surface area (Å²) in [6.45, 7) is 1.64. The second-order valence-electron chi connectivity index (χ2n) is 10.9. The molecule has 3 aromatic carbocycles. The first-order valence-electron chi connectivity index (χ1n) is 14.6. The topological polar surface area (TPSA) is 86.8 Å². The van der Waals surface area contributed by atoms with Gasteiger partial charge in [0, 0.05) is 24.0 Å². The molecule has 1 atom stereocenters. The summed E-state index contributed by atoms with van der Waals surface area (Å²) in [7, 11) is -3.82. The average molecular weight is 610 g/mol. The van der Waals surface area contributed by atoms with E-state index in [4.69, 9.17) is 11.6 Å². The van der Waals surface area contributed by atoms with E-state index in [1.54, 1.807) is 24.3 Å². The van der Waals surface area contributed by atoms with Crippen LogP contribution in [0.3, 0.4) is 0 Å². The lowest BCUT2D eigenvalue weighted by molar-refractivity contribution is -0.140. The zero-order valence-electron chi connectivity index (χ0n) is 24.3. The van der Waals surface area contributed by atoms with Crippen molar-refractivity contribution in [2.45, 2.75) is 70.5 Å². The fraction of sp³-hybridized carbons (Fsp3) is 0.394. The first kappa shape index (κ1) is 31.6. The number of halogens is 1. The Morgan fingerprint density at radius 1 is 0.905 bits per heavy atom. The molecular weight excluding hydrogens is 570 g/mol. The standard InChI is InChI=1S/C33H40ClN3O4S/c1-3-27-14-10-11-17-30(27)37(42(2,40)41)24-32(38)36(23-26-18-20-28(34)21-19-26)31(22-25-12-6-4-7-13-25)33(39)35-29-15-8-5-9-16-29/h4,6-7,10-14,17-21,29,31H,3,5,8-9,15-16,22-24H2,1-2H3,(H,35,39). The minimum absolute atomic E-state index is 0.0564. The molecule has 0 aromatic heterocycles. The number of nitrogens with zero attached hydrogens (tertiary/aromatic N) is 2. The van der Waals surface area contributed by atoms with Gasteiger partial charge >= 0.3 is 0 Å². The Balaban J connectivity index is 1.73. The van der Waals surface area contributed by atoms with E-state index in [1.165, 1.54) is 4.90 Å². The largest absolute Gasteiger partial charge is 0.352 e. The van der Waals surface area contributed by atoms with E-state index in [-0.39, 0.29) is 18.5 Å². The molecule has 1 saturated carbocycles. The van der Waals surface area contributed by atoms with Crippen LogP contribution in [0.1, 0.15) is 55.7 Å². The molecule has 1 fully saturated rings. The number of carbonyl (C=O) groups excluding carboxylic acids is 2. The average Bonchev–Trinajstić information content (AvgIpc) is 2.99. The Hall–Kier alpha value is -3.36. The maximum atomic E-state index is 14.3. The van der Waals surface area contributed by atoms with Gasteiger partial charge in [-0.1, -0.05) is 98.5 Å². The van der Waals surface area contributed by atoms with Crippen molar-refractivity contribution >= 4 is 39.1 Å². The molecule has 0 saturated heterocycles. The van der Waals surface area contributed by atoms with Crippen molar-refractivity contribution < 1.29 is 18.0 Å². The minimum atomic E-state index is -3.82. The van der Waals surface area contributed by atoms with Gasteiger partial charge in [-0.2, -0.15) is 0 Å². The number of hydrogen-bond acceptors (Lipinski definition) is 4. The second kappa shape index (κ2) is 14.7. The van der Waals surface area contributed by atoms with Gasteiger partial charge in [-0.3, -0.25) is 13.9 Å². The van der Waals surface area contributed by atoms with E-state index < -0.39 is 28.5 Å². The molecule has 0 heterocycles. The van der Waals surface area contributed by atoms with Crippen LogP contribution in [0.15, 0.2) is 78.9 Å². The number of rotatable bonds is 12. The number of hydrogen-bond donors (Lipinski definition) is 1. The molecular formula is C33H40ClN3O4S. The van der Waals surface area contributed by atoms with Crippen LogP contribution in [0.5, 0.6) is 0 Å². The fourth-order valence-electron chi connectivity index (χ4n) is 5.53. The zero-order valence-corrected chi connectivity index (χ0v) is 25.9. The molecule has 3 aromatic rings. The number of amides is 2. The molecule has 4 rings (SSSR count). The van der Waals surface area contributed by atoms with Gasteiger partial charge in [0.15, 0.2) is 0 Å². The Morgan fingerprint density at radius 2 is 1.55 bits per heavy atom. The summed E-state index contributed by atoms with van der Waals surface area (Å²) in [5.74, 6) is -0.686. The number of benzene rings is 3. The number of nitrogens with one attached hydrogen (secondary N) is 1. The highest BCUT2D eigenvalue weighted by Crippen LogP contribution is 2.25. The maximum Gasteiger partial charge on any atom is 0.244 e. The first-order chi connectivity index (χ1) is 20.2. The van der Waals surface area contributed by atoms with Crippen LogP contribution in [0.4, 0.5) is 5.69 Å². The summed E-state index contributed by atoms with van der Waals surface area (Å²) in [4.78, 5) is 29.8. The molecule has 0 spiro atoms. The quantitative estimate of drug-likeness (QED) is 0.283. The van der Waals surface area contributed by atoms with Crippen molar-refractivity contribution in [3.05, 3.63) is 101 Å². The Labute approximate surface area is 254 Å². The normalized spacial score (nSPS) is 14.6. The van der Waals surface area contributed by atoms with Crippen molar-refractivity contribution in [1.82, 2.24) is 10.2 Å².